The molecule has 0 spiro atoms. The molecule has 9 atom stereocenters. The van der Waals surface area contributed by atoms with Crippen molar-refractivity contribution < 1.29 is 24.1 Å². The van der Waals surface area contributed by atoms with Crippen molar-refractivity contribution in [3.05, 3.63) is 0 Å². The van der Waals surface area contributed by atoms with Gasteiger partial charge >= 0.3 is 5.97 Å². The van der Waals surface area contributed by atoms with Gasteiger partial charge in [-0.1, -0.05) is 27.2 Å². The molecule has 0 saturated carbocycles. The van der Waals surface area contributed by atoms with Crippen LogP contribution in [0.15, 0.2) is 0 Å². The Bertz CT molecular complexity index is 528. The van der Waals surface area contributed by atoms with E-state index in [1.807, 2.05) is 6.92 Å². The van der Waals surface area contributed by atoms with Gasteiger partial charge < -0.3 is 24.2 Å². The van der Waals surface area contributed by atoms with E-state index in [0.29, 0.717) is 6.04 Å². The lowest BCUT2D eigenvalue weighted by molar-refractivity contribution is -0.151. The van der Waals surface area contributed by atoms with Crippen LogP contribution in [0, 0.1) is 17.8 Å². The third-order valence-electron chi connectivity index (χ3n) is 7.49. The summed E-state index contributed by atoms with van der Waals surface area (Å²) in [5.41, 5.74) is 0. The van der Waals surface area contributed by atoms with Crippen LogP contribution in [-0.2, 0) is 19.0 Å². The zero-order chi connectivity index (χ0) is 22.4. The Kier molecular flexibility index (Phi) is 10.1. The van der Waals surface area contributed by atoms with Crippen molar-refractivity contribution >= 4 is 5.97 Å². The van der Waals surface area contributed by atoms with Crippen LogP contribution >= 0.6 is 0 Å². The molecule has 0 bridgehead atoms. The number of carbonyl (C=O) groups is 1. The molecule has 1 N–H and O–H groups in total. The van der Waals surface area contributed by atoms with Crippen molar-refractivity contribution in [3.63, 3.8) is 0 Å². The first-order valence-corrected chi connectivity index (χ1v) is 11.9. The summed E-state index contributed by atoms with van der Waals surface area (Å²) in [5.74, 6) is -0.429. The number of carbonyl (C=O) groups excluding carboxylic acids is 1. The van der Waals surface area contributed by atoms with Crippen LogP contribution < -0.4 is 0 Å². The van der Waals surface area contributed by atoms with Gasteiger partial charge in [0.25, 0.3) is 0 Å². The lowest BCUT2D eigenvalue weighted by Gasteiger charge is -2.33. The first-order valence-electron chi connectivity index (χ1n) is 11.9. The van der Waals surface area contributed by atoms with Gasteiger partial charge in [-0.15, -0.1) is 0 Å². The van der Waals surface area contributed by atoms with Crippen LogP contribution in [0.1, 0.15) is 72.6 Å². The molecule has 0 unspecified atom stereocenters. The van der Waals surface area contributed by atoms with Gasteiger partial charge in [-0.3, -0.25) is 4.79 Å². The first kappa shape index (κ1) is 25.6. The highest BCUT2D eigenvalue weighted by molar-refractivity contribution is 5.72. The molecule has 2 fully saturated rings. The monoisotopic (exact) mass is 427 g/mol. The van der Waals surface area contributed by atoms with Crippen LogP contribution in [0.4, 0.5) is 0 Å². The average Bonchev–Trinajstić information content (AvgIpc) is 3.40. The maximum Gasteiger partial charge on any atom is 0.311 e. The maximum atomic E-state index is 11.8. The topological polar surface area (TPSA) is 68.2 Å². The summed E-state index contributed by atoms with van der Waals surface area (Å²) in [4.78, 5) is 14.1. The largest absolute Gasteiger partial charge is 0.469 e. The van der Waals surface area contributed by atoms with E-state index in [-0.39, 0.29) is 48.1 Å². The van der Waals surface area contributed by atoms with E-state index in [1.165, 1.54) is 20.0 Å². The van der Waals surface area contributed by atoms with Gasteiger partial charge in [-0.05, 0) is 59.5 Å². The first-order chi connectivity index (χ1) is 14.2. The third kappa shape index (κ3) is 6.41. The van der Waals surface area contributed by atoms with Crippen molar-refractivity contribution in [2.24, 2.45) is 17.8 Å². The van der Waals surface area contributed by atoms with E-state index < -0.39 is 6.10 Å². The highest BCUT2D eigenvalue weighted by Gasteiger charge is 2.41. The molecule has 6 heteroatoms. The van der Waals surface area contributed by atoms with Gasteiger partial charge in [0.05, 0.1) is 43.5 Å². The van der Waals surface area contributed by atoms with Gasteiger partial charge in [0, 0.05) is 17.9 Å². The molecule has 2 heterocycles. The Morgan fingerprint density at radius 1 is 1.03 bits per heavy atom. The minimum Gasteiger partial charge on any atom is -0.469 e. The minimum atomic E-state index is -0.480. The van der Waals surface area contributed by atoms with Crippen molar-refractivity contribution in [2.75, 3.05) is 21.2 Å². The summed E-state index contributed by atoms with van der Waals surface area (Å²) in [7, 11) is 5.71. The minimum absolute atomic E-state index is 0.00659. The van der Waals surface area contributed by atoms with Crippen molar-refractivity contribution in [1.29, 1.82) is 0 Å². The Morgan fingerprint density at radius 2 is 1.60 bits per heavy atom. The SMILES string of the molecule is CCC[C@H](C[C@@H]1CC[C@H]([C@@H](C)[C@H](O)[C@H](C)[C@@H]2CC[C@H]([C@@H](C)C(=O)OC)O2)O1)N(C)C. The van der Waals surface area contributed by atoms with E-state index in [9.17, 15) is 9.90 Å². The molecule has 2 aliphatic rings. The van der Waals surface area contributed by atoms with Gasteiger partial charge in [0.2, 0.25) is 0 Å². The second-order valence-corrected chi connectivity index (χ2v) is 9.83. The number of aliphatic hydroxyl groups excluding tert-OH is 1. The standard InChI is InChI=1S/C24H45NO5/c1-8-9-18(25(5)6)14-19-10-11-20(29-19)15(2)23(26)16(3)21-12-13-22(30-21)17(4)24(27)28-7/h15-23,26H,8-14H2,1-7H3/t15-,16-,17-,18-,19+,20-,21+,22-,23+/m1/s1. The fourth-order valence-corrected chi connectivity index (χ4v) is 5.22. The van der Waals surface area contributed by atoms with Crippen molar-refractivity contribution in [3.8, 4) is 0 Å². The molecule has 2 aliphatic heterocycles. The summed E-state index contributed by atoms with van der Waals surface area (Å²) in [6, 6.07) is 0.554. The molecule has 6 nitrogen and oxygen atoms in total. The van der Waals surface area contributed by atoms with Gasteiger partial charge in [-0.25, -0.2) is 0 Å². The smallest absolute Gasteiger partial charge is 0.311 e. The lowest BCUT2D eigenvalue weighted by atomic mass is 9.84. The molecule has 176 valence electrons. The lowest BCUT2D eigenvalue weighted by Crippen LogP contribution is -2.40. The molecular weight excluding hydrogens is 382 g/mol. The van der Waals surface area contributed by atoms with Gasteiger partial charge in [-0.2, -0.15) is 0 Å². The number of rotatable bonds is 11. The molecule has 0 radical (unpaired) electrons. The Balaban J connectivity index is 1.85. The summed E-state index contributed by atoms with van der Waals surface area (Å²) in [6.07, 6.45) is 6.97. The normalized spacial score (nSPS) is 32.0. The molecule has 0 amide bonds. The number of esters is 1. The van der Waals surface area contributed by atoms with E-state index in [2.05, 4.69) is 39.8 Å². The van der Waals surface area contributed by atoms with Gasteiger partial charge in [0.1, 0.15) is 0 Å². The Labute approximate surface area is 183 Å². The van der Waals surface area contributed by atoms with Crippen molar-refractivity contribution in [1.82, 2.24) is 4.90 Å². The van der Waals surface area contributed by atoms with Crippen LogP contribution in [0.3, 0.4) is 0 Å². The number of aliphatic hydroxyl groups is 1. The highest BCUT2D eigenvalue weighted by atomic mass is 16.5. The van der Waals surface area contributed by atoms with E-state index in [0.717, 1.165) is 32.1 Å². The summed E-state index contributed by atoms with van der Waals surface area (Å²) >= 11 is 0. The highest BCUT2D eigenvalue weighted by Crippen LogP contribution is 2.36. The summed E-state index contributed by atoms with van der Waals surface area (Å²) < 4.78 is 17.4. The molecule has 0 aromatic heterocycles. The third-order valence-corrected chi connectivity index (χ3v) is 7.49. The Morgan fingerprint density at radius 3 is 2.17 bits per heavy atom. The van der Waals surface area contributed by atoms with Crippen LogP contribution in [0.5, 0.6) is 0 Å². The molecule has 30 heavy (non-hydrogen) atoms. The number of methoxy groups -OCH3 is 1. The number of ether oxygens (including phenoxy) is 3. The second-order valence-electron chi connectivity index (χ2n) is 9.83. The van der Waals surface area contributed by atoms with Crippen LogP contribution in [0.25, 0.3) is 0 Å². The molecular formula is C24H45NO5. The van der Waals surface area contributed by atoms with E-state index in [4.69, 9.17) is 14.2 Å². The van der Waals surface area contributed by atoms with Crippen molar-refractivity contribution in [2.45, 2.75) is 109 Å². The molecule has 0 aromatic rings. The maximum absolute atomic E-state index is 11.8. The van der Waals surface area contributed by atoms with Gasteiger partial charge in [0.15, 0.2) is 0 Å². The zero-order valence-electron chi connectivity index (χ0n) is 20.2. The predicted molar refractivity (Wildman–Crippen MR) is 118 cm³/mol. The summed E-state index contributed by atoms with van der Waals surface area (Å²) in [5, 5.41) is 11.1. The molecule has 0 aliphatic carbocycles. The fraction of sp³-hybridized carbons (Fsp3) is 0.958. The van der Waals surface area contributed by atoms with E-state index in [1.54, 1.807) is 0 Å². The average molecular weight is 428 g/mol. The predicted octanol–water partition coefficient (Wildman–Crippen LogP) is 3.64. The zero-order valence-corrected chi connectivity index (χ0v) is 20.2. The van der Waals surface area contributed by atoms with E-state index >= 15 is 0 Å². The Hall–Kier alpha value is -0.690. The molecule has 0 aromatic carbocycles. The molecule has 2 rings (SSSR count). The van der Waals surface area contributed by atoms with Crippen LogP contribution in [-0.4, -0.2) is 73.7 Å². The fourth-order valence-electron chi connectivity index (χ4n) is 5.22. The van der Waals surface area contributed by atoms with Crippen LogP contribution in [0.2, 0.25) is 0 Å². The number of hydrogen-bond donors (Lipinski definition) is 1. The number of hydrogen-bond acceptors (Lipinski definition) is 6. The number of nitrogens with zero attached hydrogens (tertiary/aromatic N) is 1. The second kappa shape index (κ2) is 11.8. The molecule has 2 saturated heterocycles. The quantitative estimate of drug-likeness (QED) is 0.508. The summed E-state index contributed by atoms with van der Waals surface area (Å²) in [6.45, 7) is 8.25.